The first-order valence-corrected chi connectivity index (χ1v) is 12.4. The summed E-state index contributed by atoms with van der Waals surface area (Å²) >= 11 is 10.4. The zero-order valence-corrected chi connectivity index (χ0v) is 22.7. The van der Waals surface area contributed by atoms with Crippen molar-refractivity contribution in [3.8, 4) is 11.5 Å². The molecular formula is C22H21Br3N4O4. The van der Waals surface area contributed by atoms with Gasteiger partial charge in [-0.05, 0) is 62.5 Å². The predicted octanol–water partition coefficient (Wildman–Crippen LogP) is 4.78. The second-order valence-electron chi connectivity index (χ2n) is 7.03. The number of hydrogen-bond acceptors (Lipinski definition) is 6. The van der Waals surface area contributed by atoms with Gasteiger partial charge >= 0.3 is 0 Å². The normalized spacial score (nSPS) is 11.3. The molecule has 0 saturated carbocycles. The minimum Gasteiger partial charge on any atom is -0.493 e. The van der Waals surface area contributed by atoms with Gasteiger partial charge in [-0.15, -0.1) is 0 Å². The summed E-state index contributed by atoms with van der Waals surface area (Å²) in [6.45, 7) is 1.77. The van der Waals surface area contributed by atoms with Crippen LogP contribution in [0.1, 0.15) is 31.2 Å². The van der Waals surface area contributed by atoms with Crippen molar-refractivity contribution >= 4 is 70.8 Å². The van der Waals surface area contributed by atoms with Gasteiger partial charge in [-0.1, -0.05) is 29.3 Å². The Morgan fingerprint density at radius 3 is 2.67 bits per heavy atom. The smallest absolute Gasteiger partial charge is 0.282 e. The maximum atomic E-state index is 13.2. The number of nitrogens with zero attached hydrogens (tertiary/aromatic N) is 3. The fourth-order valence-corrected chi connectivity index (χ4v) is 4.36. The van der Waals surface area contributed by atoms with E-state index in [2.05, 4.69) is 64.8 Å². The van der Waals surface area contributed by atoms with Crippen LogP contribution < -0.4 is 20.8 Å². The molecule has 3 rings (SSSR count). The molecule has 0 fully saturated rings. The maximum absolute atomic E-state index is 13.2. The number of aromatic nitrogens is 2. The van der Waals surface area contributed by atoms with Crippen molar-refractivity contribution in [3.05, 3.63) is 59.4 Å². The molecule has 11 heteroatoms. The largest absolute Gasteiger partial charge is 0.493 e. The van der Waals surface area contributed by atoms with Crippen molar-refractivity contribution in [1.29, 1.82) is 0 Å². The van der Waals surface area contributed by atoms with E-state index in [0.29, 0.717) is 49.2 Å². The standard InChI is InChI=1S/C22H21Br3N4O4/c1-3-4-5-18-28-15-7-6-13(23)9-14(15)22(31)29(18)27-10-12-8-16(32-2)21(20(25)19(12)24)33-11-17(26)30/h6-10H,3-5,11H2,1-2H3,(H2,26,30). The minimum atomic E-state index is -0.611. The van der Waals surface area contributed by atoms with Crippen LogP contribution in [0.5, 0.6) is 11.5 Å². The number of ether oxygens (including phenoxy) is 2. The summed E-state index contributed by atoms with van der Waals surface area (Å²) in [4.78, 5) is 29.0. The van der Waals surface area contributed by atoms with Crippen LogP contribution in [0.25, 0.3) is 10.9 Å². The Labute approximate surface area is 215 Å². The molecule has 0 unspecified atom stereocenters. The van der Waals surface area contributed by atoms with Crippen molar-refractivity contribution in [2.45, 2.75) is 26.2 Å². The quantitative estimate of drug-likeness (QED) is 0.337. The number of amides is 1. The van der Waals surface area contributed by atoms with E-state index >= 15 is 0 Å². The van der Waals surface area contributed by atoms with Gasteiger partial charge in [-0.3, -0.25) is 9.59 Å². The molecule has 8 nitrogen and oxygen atoms in total. The Morgan fingerprint density at radius 2 is 2.00 bits per heavy atom. The maximum Gasteiger partial charge on any atom is 0.282 e. The van der Waals surface area contributed by atoms with Gasteiger partial charge in [0.25, 0.3) is 11.5 Å². The number of carbonyl (C=O) groups is 1. The van der Waals surface area contributed by atoms with Gasteiger partial charge in [0.05, 0.1) is 28.7 Å². The highest BCUT2D eigenvalue weighted by atomic mass is 79.9. The highest BCUT2D eigenvalue weighted by Crippen LogP contribution is 2.42. The first-order valence-electron chi connectivity index (χ1n) is 9.99. The Kier molecular flexibility index (Phi) is 8.66. The molecule has 0 radical (unpaired) electrons. The lowest BCUT2D eigenvalue weighted by Gasteiger charge is -2.14. The van der Waals surface area contributed by atoms with Crippen molar-refractivity contribution in [3.63, 3.8) is 0 Å². The number of unbranched alkanes of at least 4 members (excludes halogenated alkanes) is 1. The van der Waals surface area contributed by atoms with Crippen molar-refractivity contribution in [2.75, 3.05) is 13.7 Å². The fourth-order valence-electron chi connectivity index (χ4n) is 3.06. The number of rotatable bonds is 9. The Morgan fingerprint density at radius 1 is 1.24 bits per heavy atom. The summed E-state index contributed by atoms with van der Waals surface area (Å²) in [6.07, 6.45) is 3.99. The van der Waals surface area contributed by atoms with Crippen LogP contribution in [0.3, 0.4) is 0 Å². The molecule has 1 heterocycles. The summed E-state index contributed by atoms with van der Waals surface area (Å²) in [6, 6.07) is 7.08. The highest BCUT2D eigenvalue weighted by Gasteiger charge is 2.18. The summed E-state index contributed by atoms with van der Waals surface area (Å²) < 4.78 is 14.1. The van der Waals surface area contributed by atoms with Crippen LogP contribution in [0.2, 0.25) is 0 Å². The number of carbonyl (C=O) groups excluding carboxylic acids is 1. The Bertz CT molecular complexity index is 1290. The highest BCUT2D eigenvalue weighted by molar-refractivity contribution is 9.13. The number of primary amides is 1. The fraction of sp³-hybridized carbons (Fsp3) is 0.273. The van der Waals surface area contributed by atoms with Crippen LogP contribution in [0.4, 0.5) is 0 Å². The number of hydrogen-bond donors (Lipinski definition) is 1. The summed E-state index contributed by atoms with van der Waals surface area (Å²) in [5.41, 5.74) is 6.17. The molecule has 0 spiro atoms. The molecule has 0 aliphatic carbocycles. The molecule has 33 heavy (non-hydrogen) atoms. The van der Waals surface area contributed by atoms with Crippen molar-refractivity contribution in [2.24, 2.45) is 10.8 Å². The zero-order valence-electron chi connectivity index (χ0n) is 17.9. The molecule has 0 aliphatic rings. The van der Waals surface area contributed by atoms with E-state index < -0.39 is 5.91 Å². The van der Waals surface area contributed by atoms with Gasteiger partial charge in [-0.25, -0.2) is 4.98 Å². The summed E-state index contributed by atoms with van der Waals surface area (Å²) in [5, 5.41) is 4.94. The van der Waals surface area contributed by atoms with E-state index in [0.717, 1.165) is 17.3 Å². The van der Waals surface area contributed by atoms with E-state index in [9.17, 15) is 9.59 Å². The average Bonchev–Trinajstić information content (AvgIpc) is 2.79. The van der Waals surface area contributed by atoms with Gasteiger partial charge in [0.1, 0.15) is 5.82 Å². The molecule has 2 aromatic carbocycles. The van der Waals surface area contributed by atoms with E-state index in [-0.39, 0.29) is 12.2 Å². The van der Waals surface area contributed by atoms with Gasteiger partial charge < -0.3 is 15.2 Å². The van der Waals surface area contributed by atoms with Gasteiger partial charge in [0.15, 0.2) is 18.1 Å². The van der Waals surface area contributed by atoms with Gasteiger partial charge in [0, 0.05) is 20.9 Å². The van der Waals surface area contributed by atoms with Crippen molar-refractivity contribution in [1.82, 2.24) is 9.66 Å². The zero-order chi connectivity index (χ0) is 24.1. The molecule has 0 aliphatic heterocycles. The molecule has 1 aromatic heterocycles. The molecular weight excluding hydrogens is 624 g/mol. The van der Waals surface area contributed by atoms with E-state index in [1.54, 1.807) is 12.1 Å². The van der Waals surface area contributed by atoms with Gasteiger partial charge in [-0.2, -0.15) is 9.78 Å². The Balaban J connectivity index is 2.11. The van der Waals surface area contributed by atoms with Crippen LogP contribution in [-0.2, 0) is 11.2 Å². The monoisotopic (exact) mass is 642 g/mol. The van der Waals surface area contributed by atoms with E-state index in [4.69, 9.17) is 15.2 Å². The second-order valence-corrected chi connectivity index (χ2v) is 9.54. The number of methoxy groups -OCH3 is 1. The molecule has 2 N–H and O–H groups in total. The summed E-state index contributed by atoms with van der Waals surface area (Å²) in [7, 11) is 1.48. The first kappa shape index (κ1) is 25.4. The third-order valence-corrected chi connectivity index (χ3v) is 7.31. The molecule has 3 aromatic rings. The Hall–Kier alpha value is -2.24. The molecule has 174 valence electrons. The average molecular weight is 645 g/mol. The van der Waals surface area contributed by atoms with Crippen molar-refractivity contribution < 1.29 is 14.3 Å². The van der Waals surface area contributed by atoms with Gasteiger partial charge in [0.2, 0.25) is 0 Å². The minimum absolute atomic E-state index is 0.257. The topological polar surface area (TPSA) is 109 Å². The number of benzene rings is 2. The second kappa shape index (κ2) is 11.3. The van der Waals surface area contributed by atoms with E-state index in [1.165, 1.54) is 18.0 Å². The number of fused-ring (bicyclic) bond motifs is 1. The van der Waals surface area contributed by atoms with E-state index in [1.807, 2.05) is 12.1 Å². The van der Waals surface area contributed by atoms with Crippen LogP contribution in [-0.4, -0.2) is 35.5 Å². The van der Waals surface area contributed by atoms with Crippen LogP contribution >= 0.6 is 47.8 Å². The lowest BCUT2D eigenvalue weighted by atomic mass is 10.2. The number of nitrogens with two attached hydrogens (primary N) is 1. The predicted molar refractivity (Wildman–Crippen MR) is 138 cm³/mol. The lowest BCUT2D eigenvalue weighted by molar-refractivity contribution is -0.119. The number of halogens is 3. The van der Waals surface area contributed by atoms with Crippen LogP contribution in [0, 0.1) is 0 Å². The SMILES string of the molecule is CCCCc1nc2ccc(Br)cc2c(=O)n1N=Cc1cc(OC)c(OCC(N)=O)c(Br)c1Br. The number of aryl methyl sites for hydroxylation is 1. The summed E-state index contributed by atoms with van der Waals surface area (Å²) in [5.74, 6) is 0.655. The lowest BCUT2D eigenvalue weighted by Crippen LogP contribution is -2.22. The molecule has 0 bridgehead atoms. The molecule has 1 amide bonds. The first-order chi connectivity index (χ1) is 15.8. The molecule has 0 atom stereocenters. The third kappa shape index (κ3) is 5.82. The molecule has 0 saturated heterocycles. The third-order valence-electron chi connectivity index (χ3n) is 4.68. The van der Waals surface area contributed by atoms with Crippen LogP contribution in [0.15, 0.2) is 47.6 Å².